The molecule has 1 aliphatic rings. The van der Waals surface area contributed by atoms with Crippen LogP contribution in [-0.2, 0) is 16.1 Å². The maximum atomic E-state index is 14.9. The second-order valence-corrected chi connectivity index (χ2v) is 13.3. The Morgan fingerprint density at radius 1 is 0.927 bits per heavy atom. The summed E-state index contributed by atoms with van der Waals surface area (Å²) in [6.07, 6.45) is 2.60. The molecule has 0 spiro atoms. The summed E-state index contributed by atoms with van der Waals surface area (Å²) < 4.78 is 22.2. The molecule has 4 rings (SSSR count). The van der Waals surface area contributed by atoms with Crippen molar-refractivity contribution in [2.24, 2.45) is 11.3 Å². The van der Waals surface area contributed by atoms with E-state index in [9.17, 15) is 18.8 Å². The van der Waals surface area contributed by atoms with Crippen LogP contribution in [0.15, 0.2) is 48.5 Å². The van der Waals surface area contributed by atoms with E-state index >= 15 is 0 Å². The maximum absolute atomic E-state index is 14.9. The van der Waals surface area contributed by atoms with Gasteiger partial charge in [0, 0.05) is 41.2 Å². The van der Waals surface area contributed by atoms with Crippen molar-refractivity contribution in [1.29, 1.82) is 0 Å². The number of hydrogen-bond donors (Lipinski definition) is 2. The number of ether oxygens (including phenoxy) is 1. The molecule has 0 unspecified atom stereocenters. The van der Waals surface area contributed by atoms with Crippen LogP contribution in [0, 0.1) is 11.3 Å². The second kappa shape index (κ2) is 12.0. The van der Waals surface area contributed by atoms with Crippen molar-refractivity contribution in [1.82, 2.24) is 4.57 Å². The van der Waals surface area contributed by atoms with Crippen LogP contribution in [0.2, 0.25) is 0 Å². The zero-order valence-electron chi connectivity index (χ0n) is 25.0. The molecule has 2 atom stereocenters. The van der Waals surface area contributed by atoms with Gasteiger partial charge in [-0.3, -0.25) is 9.59 Å². The molecule has 0 radical (unpaired) electrons. The molecule has 8 heteroatoms. The van der Waals surface area contributed by atoms with Crippen molar-refractivity contribution in [3.8, 4) is 0 Å². The van der Waals surface area contributed by atoms with E-state index in [0.717, 1.165) is 30.2 Å². The number of halogens is 1. The lowest BCUT2D eigenvalue weighted by molar-refractivity contribution is -0.117. The Bertz CT molecular complexity index is 1430. The Kier molecular flexibility index (Phi) is 8.90. The van der Waals surface area contributed by atoms with Gasteiger partial charge in [0.25, 0.3) is 5.91 Å². The summed E-state index contributed by atoms with van der Waals surface area (Å²) in [6.45, 7) is 11.8. The number of nitrogens with zero attached hydrogens (tertiary/aromatic N) is 1. The van der Waals surface area contributed by atoms with Gasteiger partial charge < -0.3 is 19.9 Å². The molecular formula is C33H42FN3O4. The number of benzene rings is 2. The fourth-order valence-corrected chi connectivity index (χ4v) is 5.28. The smallest absolute Gasteiger partial charge is 0.338 e. The molecule has 2 amide bonds. The number of rotatable bonds is 7. The number of hydrogen-bond acceptors (Lipinski definition) is 4. The summed E-state index contributed by atoms with van der Waals surface area (Å²) in [4.78, 5) is 38.8. The molecule has 2 aromatic carbocycles. The van der Waals surface area contributed by atoms with E-state index in [1.807, 2.05) is 43.5 Å². The molecule has 7 nitrogen and oxygen atoms in total. The molecule has 1 heterocycles. The van der Waals surface area contributed by atoms with Crippen LogP contribution in [0.5, 0.6) is 0 Å². The van der Waals surface area contributed by atoms with Crippen molar-refractivity contribution >= 4 is 40.1 Å². The summed E-state index contributed by atoms with van der Waals surface area (Å²) in [7, 11) is 0. The van der Waals surface area contributed by atoms with Crippen molar-refractivity contribution in [2.45, 2.75) is 92.0 Å². The Morgan fingerprint density at radius 2 is 1.63 bits per heavy atom. The highest BCUT2D eigenvalue weighted by molar-refractivity contribution is 6.07. The lowest BCUT2D eigenvalue weighted by atomic mass is 9.87. The first-order valence-corrected chi connectivity index (χ1v) is 14.4. The van der Waals surface area contributed by atoms with Gasteiger partial charge in [0.2, 0.25) is 5.91 Å². The molecule has 1 fully saturated rings. The topological polar surface area (TPSA) is 89.4 Å². The van der Waals surface area contributed by atoms with Crippen LogP contribution in [0.4, 0.5) is 15.8 Å². The minimum Gasteiger partial charge on any atom is -0.456 e. The fourth-order valence-electron chi connectivity index (χ4n) is 5.28. The normalized spacial score (nSPS) is 17.7. The van der Waals surface area contributed by atoms with Crippen molar-refractivity contribution < 1.29 is 23.5 Å². The summed E-state index contributed by atoms with van der Waals surface area (Å²) in [5.74, 6) is -1.11. The van der Waals surface area contributed by atoms with Gasteiger partial charge in [0.15, 0.2) is 0 Å². The fraction of sp³-hybridized carbons (Fsp3) is 0.485. The van der Waals surface area contributed by atoms with Crippen LogP contribution in [0.25, 0.3) is 10.9 Å². The standard InChI is InChI=1S/C33H42FN3O4/c1-32(2,3)19-29(38)35-25-14-15-27-23(17-25)18-28(37(27)20-22-10-7-8-13-26(22)34)30(39)36-24-12-9-11-21(16-24)31(40)41-33(4,5)6/h9,11-12,14-18,22,26H,7-8,10,13,19-20H2,1-6H3,(H,35,38)(H,36,39)/t22-,26-/m0/s1. The average molecular weight is 564 g/mol. The minimum atomic E-state index is -0.918. The van der Waals surface area contributed by atoms with Gasteiger partial charge >= 0.3 is 5.97 Å². The molecule has 41 heavy (non-hydrogen) atoms. The van der Waals surface area contributed by atoms with E-state index in [4.69, 9.17) is 4.74 Å². The van der Waals surface area contributed by atoms with Crippen LogP contribution in [-0.4, -0.2) is 34.1 Å². The molecule has 2 N–H and O–H groups in total. The summed E-state index contributed by atoms with van der Waals surface area (Å²) in [5, 5.41) is 6.64. The van der Waals surface area contributed by atoms with Gasteiger partial charge in [-0.15, -0.1) is 0 Å². The Hall–Kier alpha value is -3.68. The maximum Gasteiger partial charge on any atom is 0.338 e. The summed E-state index contributed by atoms with van der Waals surface area (Å²) >= 11 is 0. The number of carbonyl (C=O) groups excluding carboxylic acids is 3. The Morgan fingerprint density at radius 3 is 2.32 bits per heavy atom. The average Bonchev–Trinajstić information content (AvgIpc) is 3.21. The quantitative estimate of drug-likeness (QED) is 0.288. The second-order valence-electron chi connectivity index (χ2n) is 13.3. The van der Waals surface area contributed by atoms with Crippen LogP contribution in [0.3, 0.4) is 0 Å². The van der Waals surface area contributed by atoms with Gasteiger partial charge in [-0.25, -0.2) is 9.18 Å². The van der Waals surface area contributed by atoms with E-state index in [0.29, 0.717) is 42.0 Å². The molecule has 0 saturated heterocycles. The monoisotopic (exact) mass is 563 g/mol. The van der Waals surface area contributed by atoms with E-state index in [1.54, 1.807) is 51.1 Å². The van der Waals surface area contributed by atoms with Crippen molar-refractivity contribution in [3.05, 3.63) is 59.8 Å². The SMILES string of the molecule is CC(C)(C)CC(=O)Nc1ccc2c(c1)cc(C(=O)Nc1cccc(C(=O)OC(C)(C)C)c1)n2C[C@@H]1CCCC[C@@H]1F. The molecule has 1 aromatic heterocycles. The van der Waals surface area contributed by atoms with Crippen LogP contribution < -0.4 is 10.6 Å². The van der Waals surface area contributed by atoms with Gasteiger partial charge in [-0.05, 0) is 81.5 Å². The summed E-state index contributed by atoms with van der Waals surface area (Å²) in [6, 6.07) is 13.9. The van der Waals surface area contributed by atoms with Gasteiger partial charge in [-0.1, -0.05) is 39.7 Å². The molecule has 1 aliphatic carbocycles. The van der Waals surface area contributed by atoms with E-state index in [2.05, 4.69) is 10.6 Å². The third-order valence-electron chi connectivity index (χ3n) is 7.10. The zero-order chi connectivity index (χ0) is 29.9. The van der Waals surface area contributed by atoms with Gasteiger partial charge in [-0.2, -0.15) is 0 Å². The van der Waals surface area contributed by atoms with E-state index in [1.165, 1.54) is 0 Å². The number of aromatic nitrogens is 1. The van der Waals surface area contributed by atoms with Crippen molar-refractivity contribution in [3.63, 3.8) is 0 Å². The third-order valence-corrected chi connectivity index (χ3v) is 7.10. The third kappa shape index (κ3) is 8.18. The van der Waals surface area contributed by atoms with Gasteiger partial charge in [0.05, 0.1) is 5.56 Å². The first kappa shape index (κ1) is 30.3. The molecule has 0 bridgehead atoms. The predicted molar refractivity (Wildman–Crippen MR) is 161 cm³/mol. The highest BCUT2D eigenvalue weighted by atomic mass is 19.1. The molecular weight excluding hydrogens is 521 g/mol. The number of nitrogens with one attached hydrogen (secondary N) is 2. The van der Waals surface area contributed by atoms with Crippen LogP contribution >= 0.6 is 0 Å². The molecule has 1 saturated carbocycles. The van der Waals surface area contributed by atoms with Crippen LogP contribution in [0.1, 0.15) is 94.5 Å². The highest BCUT2D eigenvalue weighted by Crippen LogP contribution is 2.32. The largest absolute Gasteiger partial charge is 0.456 e. The molecule has 220 valence electrons. The number of esters is 1. The minimum absolute atomic E-state index is 0.0819. The lowest BCUT2D eigenvalue weighted by Crippen LogP contribution is -2.27. The number of alkyl halides is 1. The molecule has 0 aliphatic heterocycles. The predicted octanol–water partition coefficient (Wildman–Crippen LogP) is 7.75. The number of carbonyl (C=O) groups is 3. The summed E-state index contributed by atoms with van der Waals surface area (Å²) in [5.41, 5.74) is 1.81. The number of amides is 2. The van der Waals surface area contributed by atoms with Gasteiger partial charge in [0.1, 0.15) is 17.5 Å². The number of fused-ring (bicyclic) bond motifs is 1. The highest BCUT2D eigenvalue weighted by Gasteiger charge is 2.28. The van der Waals surface area contributed by atoms with E-state index in [-0.39, 0.29) is 23.1 Å². The zero-order valence-corrected chi connectivity index (χ0v) is 25.0. The number of anilines is 2. The van der Waals surface area contributed by atoms with Crippen molar-refractivity contribution in [2.75, 3.05) is 10.6 Å². The first-order chi connectivity index (χ1) is 19.2. The lowest BCUT2D eigenvalue weighted by Gasteiger charge is -2.27. The Balaban J connectivity index is 1.64. The van der Waals surface area contributed by atoms with E-state index < -0.39 is 17.7 Å². The molecule has 3 aromatic rings. The Labute approximate surface area is 241 Å². The first-order valence-electron chi connectivity index (χ1n) is 14.4.